The van der Waals surface area contributed by atoms with Crippen LogP contribution in [0.1, 0.15) is 44.9 Å². The van der Waals surface area contributed by atoms with Gasteiger partial charge in [-0.05, 0) is 44.4 Å². The van der Waals surface area contributed by atoms with E-state index < -0.39 is 6.43 Å². The van der Waals surface area contributed by atoms with Crippen molar-refractivity contribution < 1.29 is 13.5 Å². The first kappa shape index (κ1) is 22.9. The molecule has 2 fully saturated rings. The lowest BCUT2D eigenvalue weighted by Crippen LogP contribution is -2.38. The molecule has 9 nitrogen and oxygen atoms in total. The predicted molar refractivity (Wildman–Crippen MR) is 126 cm³/mol. The van der Waals surface area contributed by atoms with Gasteiger partial charge in [0.25, 0.3) is 6.43 Å². The van der Waals surface area contributed by atoms with E-state index in [-0.39, 0.29) is 17.8 Å². The molecule has 2 aliphatic rings. The molecule has 1 aliphatic carbocycles. The minimum absolute atomic E-state index is 0.143. The molecule has 1 aromatic carbocycles. The van der Waals surface area contributed by atoms with Crippen molar-refractivity contribution in [2.24, 2.45) is 0 Å². The van der Waals surface area contributed by atoms with Gasteiger partial charge in [0.15, 0.2) is 5.82 Å². The Morgan fingerprint density at radius 1 is 0.971 bits per heavy atom. The number of rotatable bonds is 7. The Bertz CT molecular complexity index is 1110. The molecule has 182 valence electrons. The number of imidazole rings is 1. The smallest absolute Gasteiger partial charge is 0.296 e. The van der Waals surface area contributed by atoms with Crippen LogP contribution in [-0.2, 0) is 4.74 Å². The summed E-state index contributed by atoms with van der Waals surface area (Å²) in [5.74, 6) is 0.619. The average Bonchev–Trinajstić information content (AvgIpc) is 3.26. The molecule has 0 radical (unpaired) electrons. The summed E-state index contributed by atoms with van der Waals surface area (Å²) in [7, 11) is 0. The number of hydrogen-bond donors (Lipinski definition) is 2. The molecule has 2 N–H and O–H groups in total. The van der Waals surface area contributed by atoms with Crippen LogP contribution in [0.4, 0.5) is 20.7 Å². The van der Waals surface area contributed by atoms with Crippen molar-refractivity contribution in [3.63, 3.8) is 0 Å². The van der Waals surface area contributed by atoms with Crippen LogP contribution >= 0.6 is 0 Å². The molecule has 11 heteroatoms. The Hall–Kier alpha value is -2.92. The van der Waals surface area contributed by atoms with E-state index in [4.69, 9.17) is 4.74 Å². The van der Waals surface area contributed by atoms with Crippen molar-refractivity contribution in [3.05, 3.63) is 30.1 Å². The van der Waals surface area contributed by atoms with Gasteiger partial charge in [-0.15, -0.1) is 0 Å². The van der Waals surface area contributed by atoms with Crippen LogP contribution < -0.4 is 15.5 Å². The number of alkyl halides is 2. The molecule has 3 aromatic rings. The summed E-state index contributed by atoms with van der Waals surface area (Å²) < 4.78 is 34.8. The summed E-state index contributed by atoms with van der Waals surface area (Å²) in [6.45, 7) is 5.47. The first-order chi connectivity index (χ1) is 16.6. The van der Waals surface area contributed by atoms with E-state index in [1.54, 1.807) is 24.3 Å². The molecule has 1 aliphatic heterocycles. The van der Waals surface area contributed by atoms with Gasteiger partial charge < -0.3 is 20.3 Å². The number of halogens is 2. The Morgan fingerprint density at radius 3 is 2.41 bits per heavy atom. The molecule has 1 saturated carbocycles. The van der Waals surface area contributed by atoms with E-state index in [1.165, 1.54) is 4.57 Å². The number of aromatic nitrogens is 5. The van der Waals surface area contributed by atoms with Crippen molar-refractivity contribution >= 4 is 22.9 Å². The SMILES string of the molecule is CCNC1CCC(Nc2nc(N3CCOCC3)nc(-n3c(C(F)F)nc4ccccc43)n2)CC1. The van der Waals surface area contributed by atoms with E-state index in [0.29, 0.717) is 55.3 Å². The summed E-state index contributed by atoms with van der Waals surface area (Å²) in [5.41, 5.74) is 1.01. The largest absolute Gasteiger partial charge is 0.378 e. The molecular formula is C23H30F2N8O. The van der Waals surface area contributed by atoms with Crippen molar-refractivity contribution in [2.45, 2.75) is 51.1 Å². The normalized spacial score (nSPS) is 21.4. The zero-order valence-electron chi connectivity index (χ0n) is 19.3. The maximum Gasteiger partial charge on any atom is 0.296 e. The highest BCUT2D eigenvalue weighted by Gasteiger charge is 2.26. The Labute approximate surface area is 197 Å². The van der Waals surface area contributed by atoms with Gasteiger partial charge in [-0.2, -0.15) is 15.0 Å². The van der Waals surface area contributed by atoms with Crippen LogP contribution in [0.15, 0.2) is 24.3 Å². The molecule has 0 unspecified atom stereocenters. The van der Waals surface area contributed by atoms with E-state index in [0.717, 1.165) is 32.2 Å². The lowest BCUT2D eigenvalue weighted by Gasteiger charge is -2.30. The summed E-state index contributed by atoms with van der Waals surface area (Å²) >= 11 is 0. The van der Waals surface area contributed by atoms with Crippen molar-refractivity contribution in [1.29, 1.82) is 0 Å². The van der Waals surface area contributed by atoms with E-state index >= 15 is 0 Å². The van der Waals surface area contributed by atoms with Gasteiger partial charge in [-0.1, -0.05) is 19.1 Å². The third-order valence-electron chi connectivity index (χ3n) is 6.44. The molecule has 1 saturated heterocycles. The van der Waals surface area contributed by atoms with Gasteiger partial charge >= 0.3 is 0 Å². The number of hydrogen-bond acceptors (Lipinski definition) is 8. The minimum atomic E-state index is -2.77. The van der Waals surface area contributed by atoms with E-state index in [1.807, 2.05) is 4.90 Å². The lowest BCUT2D eigenvalue weighted by molar-refractivity contribution is 0.122. The topological polar surface area (TPSA) is 93.0 Å². The predicted octanol–water partition coefficient (Wildman–Crippen LogP) is 3.32. The van der Waals surface area contributed by atoms with Crippen molar-refractivity contribution in [1.82, 2.24) is 29.8 Å². The highest BCUT2D eigenvalue weighted by molar-refractivity contribution is 5.77. The molecule has 3 heterocycles. The second-order valence-electron chi connectivity index (χ2n) is 8.70. The number of ether oxygens (including phenoxy) is 1. The van der Waals surface area contributed by atoms with Gasteiger partial charge in [-0.25, -0.2) is 13.8 Å². The number of benzene rings is 1. The number of fused-ring (bicyclic) bond motifs is 1. The summed E-state index contributed by atoms with van der Waals surface area (Å²) in [6.07, 6.45) is 1.35. The summed E-state index contributed by atoms with van der Waals surface area (Å²) in [6, 6.07) is 7.79. The Kier molecular flexibility index (Phi) is 6.82. The molecule has 0 spiro atoms. The highest BCUT2D eigenvalue weighted by Crippen LogP contribution is 2.28. The first-order valence-electron chi connectivity index (χ1n) is 12.0. The maximum atomic E-state index is 14.0. The number of para-hydroxylation sites is 2. The van der Waals surface area contributed by atoms with Crippen molar-refractivity contribution in [3.8, 4) is 5.95 Å². The number of nitrogens with one attached hydrogen (secondary N) is 2. The number of anilines is 2. The molecule has 0 amide bonds. The zero-order valence-corrected chi connectivity index (χ0v) is 19.3. The third-order valence-corrected chi connectivity index (χ3v) is 6.44. The average molecular weight is 473 g/mol. The molecule has 5 rings (SSSR count). The monoisotopic (exact) mass is 472 g/mol. The van der Waals surface area contributed by atoms with Gasteiger partial charge in [0.2, 0.25) is 17.8 Å². The molecule has 34 heavy (non-hydrogen) atoms. The third kappa shape index (κ3) is 4.80. The zero-order chi connectivity index (χ0) is 23.5. The van der Waals surface area contributed by atoms with Crippen LogP contribution in [0.5, 0.6) is 0 Å². The van der Waals surface area contributed by atoms with Crippen LogP contribution in [-0.4, -0.2) is 69.4 Å². The quantitative estimate of drug-likeness (QED) is 0.541. The van der Waals surface area contributed by atoms with Crippen LogP contribution in [0, 0.1) is 0 Å². The Balaban J connectivity index is 1.51. The standard InChI is InChI=1S/C23H30F2N8O/c1-2-26-15-7-9-16(10-8-15)27-21-29-22(32-11-13-34-14-12-32)31-23(30-21)33-18-6-4-3-5-17(18)28-20(33)19(24)25/h3-6,15-16,19,26H,2,7-14H2,1H3,(H,27,29,30,31). The van der Waals surface area contributed by atoms with Crippen molar-refractivity contribution in [2.75, 3.05) is 43.1 Å². The van der Waals surface area contributed by atoms with Crippen LogP contribution in [0.3, 0.4) is 0 Å². The maximum absolute atomic E-state index is 14.0. The first-order valence-corrected chi connectivity index (χ1v) is 12.0. The van der Waals surface area contributed by atoms with E-state index in [9.17, 15) is 8.78 Å². The Morgan fingerprint density at radius 2 is 1.68 bits per heavy atom. The fourth-order valence-electron chi connectivity index (χ4n) is 4.74. The minimum Gasteiger partial charge on any atom is -0.378 e. The second kappa shape index (κ2) is 10.1. The van der Waals surface area contributed by atoms with Gasteiger partial charge in [-0.3, -0.25) is 4.57 Å². The van der Waals surface area contributed by atoms with Crippen LogP contribution in [0.2, 0.25) is 0 Å². The van der Waals surface area contributed by atoms with Gasteiger partial charge in [0.05, 0.1) is 24.2 Å². The highest BCUT2D eigenvalue weighted by atomic mass is 19.3. The fourth-order valence-corrected chi connectivity index (χ4v) is 4.74. The summed E-state index contributed by atoms with van der Waals surface area (Å²) in [4.78, 5) is 20.0. The number of morpholine rings is 1. The molecular weight excluding hydrogens is 442 g/mol. The van der Waals surface area contributed by atoms with E-state index in [2.05, 4.69) is 37.5 Å². The molecule has 0 atom stereocenters. The second-order valence-corrected chi connectivity index (χ2v) is 8.70. The number of nitrogens with zero attached hydrogens (tertiary/aromatic N) is 6. The molecule has 0 bridgehead atoms. The van der Waals surface area contributed by atoms with Crippen LogP contribution in [0.25, 0.3) is 17.0 Å². The fraction of sp³-hybridized carbons (Fsp3) is 0.565. The summed E-state index contributed by atoms with van der Waals surface area (Å²) in [5, 5.41) is 6.97. The van der Waals surface area contributed by atoms with Gasteiger partial charge in [0.1, 0.15) is 0 Å². The van der Waals surface area contributed by atoms with Gasteiger partial charge in [0, 0.05) is 25.2 Å². The molecule has 2 aromatic heterocycles. The lowest BCUT2D eigenvalue weighted by atomic mass is 9.91.